The first kappa shape index (κ1) is 17.9. The molecule has 1 aromatic carbocycles. The molecule has 1 aliphatic heterocycles. The number of hydrogen-bond acceptors (Lipinski definition) is 4. The molecule has 0 aliphatic carbocycles. The molecule has 22 heavy (non-hydrogen) atoms. The maximum atomic E-state index is 11.8. The Morgan fingerprint density at radius 2 is 2.09 bits per heavy atom. The fourth-order valence-electron chi connectivity index (χ4n) is 2.22. The van der Waals surface area contributed by atoms with Gasteiger partial charge in [-0.15, -0.1) is 12.4 Å². The lowest BCUT2D eigenvalue weighted by Crippen LogP contribution is -2.39. The second-order valence-electron chi connectivity index (χ2n) is 4.97. The Hall–Kier alpha value is -2.12. The summed E-state index contributed by atoms with van der Waals surface area (Å²) in [4.78, 5) is 36.0. The zero-order valence-corrected chi connectivity index (χ0v) is 12.8. The number of hydrogen-bond donors (Lipinski definition) is 3. The van der Waals surface area contributed by atoms with Crippen molar-refractivity contribution in [2.75, 3.05) is 16.8 Å². The third-order valence-corrected chi connectivity index (χ3v) is 3.26. The van der Waals surface area contributed by atoms with Crippen molar-refractivity contribution in [2.45, 2.75) is 25.3 Å². The molecule has 1 unspecified atom stereocenters. The lowest BCUT2D eigenvalue weighted by molar-refractivity contribution is -0.123. The molecule has 3 amide bonds. The van der Waals surface area contributed by atoms with Crippen molar-refractivity contribution in [3.05, 3.63) is 24.3 Å². The van der Waals surface area contributed by atoms with Crippen LogP contribution in [0.5, 0.6) is 0 Å². The Labute approximate surface area is 134 Å². The summed E-state index contributed by atoms with van der Waals surface area (Å²) in [6.07, 6.45) is 1.16. The van der Waals surface area contributed by atoms with Crippen LogP contribution in [0.15, 0.2) is 24.3 Å². The monoisotopic (exact) mass is 326 g/mol. The van der Waals surface area contributed by atoms with Crippen LogP contribution in [0.2, 0.25) is 0 Å². The maximum absolute atomic E-state index is 11.8. The van der Waals surface area contributed by atoms with E-state index in [0.717, 1.165) is 12.1 Å². The minimum absolute atomic E-state index is 0. The molecule has 120 valence electrons. The van der Waals surface area contributed by atoms with Gasteiger partial charge in [0.15, 0.2) is 0 Å². The Morgan fingerprint density at radius 3 is 2.68 bits per heavy atom. The van der Waals surface area contributed by atoms with E-state index in [2.05, 4.69) is 5.32 Å². The van der Waals surface area contributed by atoms with E-state index in [1.165, 1.54) is 0 Å². The van der Waals surface area contributed by atoms with Gasteiger partial charge in [0.05, 0.1) is 12.5 Å². The maximum Gasteiger partial charge on any atom is 0.241 e. The zero-order chi connectivity index (χ0) is 15.4. The number of nitrogens with one attached hydrogen (secondary N) is 1. The Morgan fingerprint density at radius 1 is 1.36 bits per heavy atom. The van der Waals surface area contributed by atoms with Gasteiger partial charge in [-0.05, 0) is 24.6 Å². The van der Waals surface area contributed by atoms with Gasteiger partial charge < -0.3 is 21.7 Å². The highest BCUT2D eigenvalue weighted by Gasteiger charge is 2.22. The number of anilines is 2. The van der Waals surface area contributed by atoms with Gasteiger partial charge in [0, 0.05) is 24.3 Å². The van der Waals surface area contributed by atoms with E-state index in [1.54, 1.807) is 23.1 Å². The van der Waals surface area contributed by atoms with E-state index in [1.807, 2.05) is 6.07 Å². The molecule has 1 atom stereocenters. The highest BCUT2D eigenvalue weighted by Crippen LogP contribution is 2.24. The van der Waals surface area contributed by atoms with Crippen molar-refractivity contribution < 1.29 is 14.4 Å². The van der Waals surface area contributed by atoms with E-state index in [9.17, 15) is 14.4 Å². The molecule has 0 aromatic heterocycles. The number of carbonyl (C=O) groups is 3. The smallest absolute Gasteiger partial charge is 0.241 e. The Kier molecular flexibility index (Phi) is 6.33. The zero-order valence-electron chi connectivity index (χ0n) is 12.0. The van der Waals surface area contributed by atoms with Gasteiger partial charge in [-0.2, -0.15) is 0 Å². The van der Waals surface area contributed by atoms with Crippen LogP contribution in [-0.2, 0) is 14.4 Å². The van der Waals surface area contributed by atoms with Gasteiger partial charge in [0.2, 0.25) is 17.7 Å². The van der Waals surface area contributed by atoms with Crippen molar-refractivity contribution in [1.82, 2.24) is 0 Å². The molecule has 1 fully saturated rings. The predicted octanol–water partition coefficient (Wildman–Crippen LogP) is 0.376. The average Bonchev–Trinajstić information content (AvgIpc) is 2.84. The highest BCUT2D eigenvalue weighted by molar-refractivity contribution is 5.99. The van der Waals surface area contributed by atoms with Crippen molar-refractivity contribution in [1.29, 1.82) is 0 Å². The van der Waals surface area contributed by atoms with Gasteiger partial charge in [0.25, 0.3) is 0 Å². The number of rotatable bonds is 5. The quantitative estimate of drug-likeness (QED) is 0.724. The first-order chi connectivity index (χ1) is 9.97. The fraction of sp³-hybridized carbons (Fsp3) is 0.357. The van der Waals surface area contributed by atoms with Crippen LogP contribution in [0.4, 0.5) is 11.4 Å². The molecule has 8 heteroatoms. The topological polar surface area (TPSA) is 119 Å². The van der Waals surface area contributed by atoms with Crippen molar-refractivity contribution in [3.63, 3.8) is 0 Å². The molecule has 1 aromatic rings. The molecular formula is C14H19ClN4O3. The second-order valence-corrected chi connectivity index (χ2v) is 4.97. The lowest BCUT2D eigenvalue weighted by atomic mass is 10.2. The van der Waals surface area contributed by atoms with E-state index in [-0.39, 0.29) is 24.7 Å². The molecule has 5 N–H and O–H groups in total. The predicted molar refractivity (Wildman–Crippen MR) is 85.7 cm³/mol. The Bertz CT molecular complexity index is 579. The van der Waals surface area contributed by atoms with Crippen LogP contribution >= 0.6 is 12.4 Å². The van der Waals surface area contributed by atoms with Crippen LogP contribution in [0.1, 0.15) is 19.3 Å². The van der Waals surface area contributed by atoms with Gasteiger partial charge >= 0.3 is 0 Å². The molecule has 2 rings (SSSR count). The van der Waals surface area contributed by atoms with E-state index >= 15 is 0 Å². The third-order valence-electron chi connectivity index (χ3n) is 3.26. The summed E-state index contributed by atoms with van der Waals surface area (Å²) in [5, 5.41) is 2.62. The molecule has 0 spiro atoms. The fourth-order valence-corrected chi connectivity index (χ4v) is 2.22. The standard InChI is InChI=1S/C14H18N4O3.ClH/c15-11(8-12(16)19)14(21)17-9-3-1-4-10(7-9)18-6-2-5-13(18)20;/h1,3-4,7,11H,2,5-6,8,15H2,(H2,16,19)(H,17,21);1H. The summed E-state index contributed by atoms with van der Waals surface area (Å²) in [5.74, 6) is -1.04. The van der Waals surface area contributed by atoms with Crippen LogP contribution < -0.4 is 21.7 Å². The third kappa shape index (κ3) is 4.44. The van der Waals surface area contributed by atoms with Crippen LogP contribution in [0, 0.1) is 0 Å². The molecule has 0 radical (unpaired) electrons. The molecule has 1 aliphatic rings. The van der Waals surface area contributed by atoms with Crippen molar-refractivity contribution in [3.8, 4) is 0 Å². The number of carbonyl (C=O) groups excluding carboxylic acids is 3. The number of primary amides is 1. The van der Waals surface area contributed by atoms with Crippen LogP contribution in [0.3, 0.4) is 0 Å². The number of amides is 3. The van der Waals surface area contributed by atoms with Gasteiger partial charge in [0.1, 0.15) is 0 Å². The molecular weight excluding hydrogens is 308 g/mol. The van der Waals surface area contributed by atoms with Crippen LogP contribution in [-0.4, -0.2) is 30.3 Å². The number of nitrogens with two attached hydrogens (primary N) is 2. The summed E-state index contributed by atoms with van der Waals surface area (Å²) >= 11 is 0. The van der Waals surface area contributed by atoms with Gasteiger partial charge in [-0.3, -0.25) is 14.4 Å². The molecule has 1 saturated heterocycles. The number of nitrogens with zero attached hydrogens (tertiary/aromatic N) is 1. The van der Waals surface area contributed by atoms with Crippen LogP contribution in [0.25, 0.3) is 0 Å². The summed E-state index contributed by atoms with van der Waals surface area (Å²) in [6, 6.07) is 5.97. The van der Waals surface area contributed by atoms with E-state index in [0.29, 0.717) is 18.7 Å². The lowest BCUT2D eigenvalue weighted by Gasteiger charge is -2.17. The summed E-state index contributed by atoms with van der Waals surface area (Å²) in [6.45, 7) is 0.678. The summed E-state index contributed by atoms with van der Waals surface area (Å²) in [7, 11) is 0. The van der Waals surface area contributed by atoms with E-state index < -0.39 is 17.9 Å². The minimum atomic E-state index is -0.987. The molecule has 0 bridgehead atoms. The SMILES string of the molecule is Cl.NC(=O)CC(N)C(=O)Nc1cccc(N2CCCC2=O)c1. The molecule has 7 nitrogen and oxygen atoms in total. The largest absolute Gasteiger partial charge is 0.370 e. The summed E-state index contributed by atoms with van der Waals surface area (Å²) < 4.78 is 0. The van der Waals surface area contributed by atoms with Crippen molar-refractivity contribution in [2.24, 2.45) is 11.5 Å². The first-order valence-corrected chi connectivity index (χ1v) is 6.72. The van der Waals surface area contributed by atoms with E-state index in [4.69, 9.17) is 11.5 Å². The minimum Gasteiger partial charge on any atom is -0.370 e. The first-order valence-electron chi connectivity index (χ1n) is 6.72. The van der Waals surface area contributed by atoms with Gasteiger partial charge in [-0.1, -0.05) is 6.07 Å². The Balaban J connectivity index is 0.00000242. The average molecular weight is 327 g/mol. The van der Waals surface area contributed by atoms with Gasteiger partial charge in [-0.25, -0.2) is 0 Å². The molecule has 0 saturated carbocycles. The number of benzene rings is 1. The number of halogens is 1. The summed E-state index contributed by atoms with van der Waals surface area (Å²) in [5.41, 5.74) is 11.8. The molecule has 1 heterocycles. The highest BCUT2D eigenvalue weighted by atomic mass is 35.5. The normalized spacial score (nSPS) is 15.1. The van der Waals surface area contributed by atoms with Crippen molar-refractivity contribution >= 4 is 41.5 Å². The second kappa shape index (κ2) is 7.77.